The van der Waals surface area contributed by atoms with Crippen LogP contribution in [0.25, 0.3) is 0 Å². The fourth-order valence-corrected chi connectivity index (χ4v) is 4.12. The van der Waals surface area contributed by atoms with Crippen molar-refractivity contribution in [2.45, 2.75) is 60.1 Å². The lowest BCUT2D eigenvalue weighted by molar-refractivity contribution is -0.126. The normalized spacial score (nSPS) is 16.2. The number of carbonyl (C=O) groups excluding carboxylic acids is 3. The molecule has 32 heavy (non-hydrogen) atoms. The van der Waals surface area contributed by atoms with Gasteiger partial charge >= 0.3 is 5.97 Å². The fraction of sp³-hybridized carbons (Fsp3) is 0.480. The van der Waals surface area contributed by atoms with Gasteiger partial charge in [-0.05, 0) is 58.6 Å². The van der Waals surface area contributed by atoms with Crippen molar-refractivity contribution in [2.75, 3.05) is 13.1 Å². The summed E-state index contributed by atoms with van der Waals surface area (Å²) >= 11 is 0. The number of esters is 1. The van der Waals surface area contributed by atoms with Gasteiger partial charge < -0.3 is 19.9 Å². The summed E-state index contributed by atoms with van der Waals surface area (Å²) in [5.41, 5.74) is 4.22. The summed E-state index contributed by atoms with van der Waals surface area (Å²) in [7, 11) is 0. The van der Waals surface area contributed by atoms with E-state index in [1.807, 2.05) is 31.2 Å². The van der Waals surface area contributed by atoms with Gasteiger partial charge in [0.05, 0.1) is 17.6 Å². The van der Waals surface area contributed by atoms with E-state index in [1.165, 1.54) is 5.56 Å². The van der Waals surface area contributed by atoms with Gasteiger partial charge in [-0.15, -0.1) is 0 Å². The number of aromatic nitrogens is 1. The highest BCUT2D eigenvalue weighted by molar-refractivity contribution is 6.00. The topological polar surface area (TPSA) is 91.5 Å². The Morgan fingerprint density at radius 3 is 2.50 bits per heavy atom. The molecule has 7 nitrogen and oxygen atoms in total. The average molecular weight is 440 g/mol. The molecule has 1 aromatic carbocycles. The minimum atomic E-state index is -0.433. The Bertz CT molecular complexity index is 991. The first-order chi connectivity index (χ1) is 15.2. The zero-order valence-corrected chi connectivity index (χ0v) is 19.6. The molecule has 0 bridgehead atoms. The van der Waals surface area contributed by atoms with Crippen LogP contribution in [0.2, 0.25) is 0 Å². The lowest BCUT2D eigenvalue weighted by Gasteiger charge is -2.32. The van der Waals surface area contributed by atoms with Gasteiger partial charge in [0.15, 0.2) is 0 Å². The van der Waals surface area contributed by atoms with Crippen LogP contribution in [0.5, 0.6) is 0 Å². The second-order valence-electron chi connectivity index (χ2n) is 8.87. The number of amides is 2. The van der Waals surface area contributed by atoms with Crippen molar-refractivity contribution >= 4 is 17.8 Å². The van der Waals surface area contributed by atoms with Crippen molar-refractivity contribution in [3.8, 4) is 0 Å². The number of nitrogens with one attached hydrogen (secondary N) is 2. The molecule has 1 aliphatic heterocycles. The fourth-order valence-electron chi connectivity index (χ4n) is 4.12. The molecule has 2 amide bonds. The van der Waals surface area contributed by atoms with Crippen LogP contribution in [0.15, 0.2) is 24.3 Å². The summed E-state index contributed by atoms with van der Waals surface area (Å²) in [5, 5.41) is 3.00. The number of aryl methyl sites for hydroxylation is 2. The molecule has 0 saturated carbocycles. The Balaban J connectivity index is 1.65. The molecule has 1 fully saturated rings. The molecule has 2 N–H and O–H groups in total. The number of benzene rings is 1. The third kappa shape index (κ3) is 5.39. The van der Waals surface area contributed by atoms with Gasteiger partial charge in [0.1, 0.15) is 5.69 Å². The Morgan fingerprint density at radius 1 is 1.16 bits per heavy atom. The molecule has 3 rings (SSSR count). The molecule has 1 atom stereocenters. The highest BCUT2D eigenvalue weighted by atomic mass is 16.5. The molecule has 0 spiro atoms. The number of nitrogens with zero attached hydrogens (tertiary/aromatic N) is 1. The minimum Gasteiger partial charge on any atom is -0.459 e. The third-order valence-corrected chi connectivity index (χ3v) is 5.86. The van der Waals surface area contributed by atoms with E-state index in [0.717, 1.165) is 18.4 Å². The summed E-state index contributed by atoms with van der Waals surface area (Å²) in [6.07, 6.45) is 1.27. The molecule has 1 saturated heterocycles. The summed E-state index contributed by atoms with van der Waals surface area (Å²) in [5.74, 6) is -0.911. The first-order valence-electron chi connectivity index (χ1n) is 11.2. The number of likely N-dealkylation sites (tertiary alicyclic amines) is 1. The van der Waals surface area contributed by atoms with Crippen LogP contribution in [0.4, 0.5) is 0 Å². The summed E-state index contributed by atoms with van der Waals surface area (Å²) in [6.45, 7) is 10.5. The van der Waals surface area contributed by atoms with E-state index >= 15 is 0 Å². The first kappa shape index (κ1) is 23.6. The third-order valence-electron chi connectivity index (χ3n) is 5.86. The number of H-pyrrole nitrogens is 1. The maximum Gasteiger partial charge on any atom is 0.340 e. The maximum absolute atomic E-state index is 13.2. The molecule has 7 heteroatoms. The van der Waals surface area contributed by atoms with Gasteiger partial charge in [-0.2, -0.15) is 0 Å². The van der Waals surface area contributed by atoms with E-state index in [0.29, 0.717) is 42.1 Å². The zero-order valence-electron chi connectivity index (χ0n) is 19.6. The predicted octanol–water partition coefficient (Wildman–Crippen LogP) is 3.67. The van der Waals surface area contributed by atoms with E-state index in [2.05, 4.69) is 10.3 Å². The Kier molecular flexibility index (Phi) is 7.38. The molecule has 0 aliphatic carbocycles. The molecule has 1 aliphatic rings. The van der Waals surface area contributed by atoms with E-state index < -0.39 is 5.97 Å². The molecule has 0 radical (unpaired) electrons. The van der Waals surface area contributed by atoms with Crippen molar-refractivity contribution in [1.82, 2.24) is 15.2 Å². The summed E-state index contributed by atoms with van der Waals surface area (Å²) < 4.78 is 5.32. The van der Waals surface area contributed by atoms with Crippen LogP contribution >= 0.6 is 0 Å². The lowest BCUT2D eigenvalue weighted by Crippen LogP contribution is -2.45. The Morgan fingerprint density at radius 2 is 1.84 bits per heavy atom. The minimum absolute atomic E-state index is 0.0383. The van der Waals surface area contributed by atoms with Crippen molar-refractivity contribution in [1.29, 1.82) is 0 Å². The highest BCUT2D eigenvalue weighted by Gasteiger charge is 2.31. The molecule has 2 heterocycles. The number of hydrogen-bond donors (Lipinski definition) is 2. The van der Waals surface area contributed by atoms with Gasteiger partial charge in [-0.3, -0.25) is 9.59 Å². The van der Waals surface area contributed by atoms with E-state index in [-0.39, 0.29) is 23.8 Å². The predicted molar refractivity (Wildman–Crippen MR) is 122 cm³/mol. The van der Waals surface area contributed by atoms with E-state index in [4.69, 9.17) is 4.74 Å². The van der Waals surface area contributed by atoms with Gasteiger partial charge in [-0.1, -0.05) is 29.8 Å². The first-order valence-corrected chi connectivity index (χ1v) is 11.2. The number of ether oxygens (including phenoxy) is 1. The standard InChI is InChI=1S/C25H33N3O4/c1-15(2)32-25(31)21-17(4)22(27-18(21)5)24(30)28-12-6-7-20(14-28)23(29)26-13-19-10-8-16(3)9-11-19/h8-11,15,20,27H,6-7,12-14H2,1-5H3,(H,26,29)/t20-/m1/s1. The molecular formula is C25H33N3O4. The molecule has 0 unspecified atom stereocenters. The van der Waals surface area contributed by atoms with Crippen LogP contribution in [0, 0.1) is 26.7 Å². The quantitative estimate of drug-likeness (QED) is 0.672. The second kappa shape index (κ2) is 10.0. The smallest absolute Gasteiger partial charge is 0.340 e. The Labute approximate surface area is 189 Å². The van der Waals surface area contributed by atoms with Crippen molar-refractivity contribution in [3.63, 3.8) is 0 Å². The lowest BCUT2D eigenvalue weighted by atomic mass is 9.96. The summed E-state index contributed by atoms with van der Waals surface area (Å²) in [4.78, 5) is 43.2. The monoisotopic (exact) mass is 439 g/mol. The largest absolute Gasteiger partial charge is 0.459 e. The van der Waals surface area contributed by atoms with Crippen molar-refractivity contribution < 1.29 is 19.1 Å². The zero-order chi connectivity index (χ0) is 23.4. The van der Waals surface area contributed by atoms with Crippen molar-refractivity contribution in [3.05, 3.63) is 57.9 Å². The SMILES string of the molecule is Cc1ccc(CNC(=O)[C@@H]2CCCN(C(=O)c3[nH]c(C)c(C(=O)OC(C)C)c3C)C2)cc1. The Hall–Kier alpha value is -3.09. The average Bonchev–Trinajstić information content (AvgIpc) is 3.06. The van der Waals surface area contributed by atoms with Crippen LogP contribution in [-0.2, 0) is 16.1 Å². The van der Waals surface area contributed by atoms with Crippen LogP contribution < -0.4 is 5.32 Å². The van der Waals surface area contributed by atoms with Gasteiger partial charge in [0.25, 0.3) is 5.91 Å². The number of aromatic amines is 1. The van der Waals surface area contributed by atoms with Crippen molar-refractivity contribution in [2.24, 2.45) is 5.92 Å². The molecule has 172 valence electrons. The number of hydrogen-bond acceptors (Lipinski definition) is 4. The van der Waals surface area contributed by atoms with E-state index in [9.17, 15) is 14.4 Å². The molecule has 1 aromatic heterocycles. The van der Waals surface area contributed by atoms with Crippen LogP contribution in [0.3, 0.4) is 0 Å². The molecule has 2 aromatic rings. The van der Waals surface area contributed by atoms with Crippen LogP contribution in [0.1, 0.15) is 69.9 Å². The van der Waals surface area contributed by atoms with E-state index in [1.54, 1.807) is 32.6 Å². The summed E-state index contributed by atoms with van der Waals surface area (Å²) in [6, 6.07) is 8.05. The van der Waals surface area contributed by atoms with Gasteiger partial charge in [0, 0.05) is 25.3 Å². The maximum atomic E-state index is 13.2. The van der Waals surface area contributed by atoms with Gasteiger partial charge in [-0.25, -0.2) is 4.79 Å². The van der Waals surface area contributed by atoms with Gasteiger partial charge in [0.2, 0.25) is 5.91 Å². The number of piperidine rings is 1. The molecular weight excluding hydrogens is 406 g/mol. The number of rotatable bonds is 6. The number of carbonyl (C=O) groups is 3. The van der Waals surface area contributed by atoms with Crippen LogP contribution in [-0.4, -0.2) is 46.9 Å². The second-order valence-corrected chi connectivity index (χ2v) is 8.87. The highest BCUT2D eigenvalue weighted by Crippen LogP contribution is 2.24.